The van der Waals surface area contributed by atoms with Crippen LogP contribution in [0.4, 0.5) is 0 Å². The minimum atomic E-state index is -0.0530. The smallest absolute Gasteiger partial charge is 0.260 e. The molecule has 7 heteroatoms. The molecule has 33 heavy (non-hydrogen) atoms. The van der Waals surface area contributed by atoms with Crippen LogP contribution in [-0.4, -0.2) is 61.7 Å². The summed E-state index contributed by atoms with van der Waals surface area (Å²) < 4.78 is 17.0. The fraction of sp³-hybridized carbons (Fsp3) is 0.654. The summed E-state index contributed by atoms with van der Waals surface area (Å²) in [6, 6.07) is 5.57. The molecule has 7 nitrogen and oxygen atoms in total. The third-order valence-electron chi connectivity index (χ3n) is 8.21. The highest BCUT2D eigenvalue weighted by Crippen LogP contribution is 2.64. The summed E-state index contributed by atoms with van der Waals surface area (Å²) in [6.45, 7) is 12.1. The number of carbonyl (C=O) groups is 1. The van der Waals surface area contributed by atoms with E-state index in [0.717, 1.165) is 12.0 Å². The average Bonchev–Trinajstić information content (AvgIpc) is 3.10. The molecule has 1 aromatic carbocycles. The van der Waals surface area contributed by atoms with E-state index >= 15 is 0 Å². The van der Waals surface area contributed by atoms with Crippen LogP contribution in [0.3, 0.4) is 0 Å². The predicted octanol–water partition coefficient (Wildman–Crippen LogP) is 4.33. The van der Waals surface area contributed by atoms with Crippen molar-refractivity contribution in [3.8, 4) is 11.5 Å². The second kappa shape index (κ2) is 9.09. The van der Waals surface area contributed by atoms with Crippen molar-refractivity contribution in [2.75, 3.05) is 26.8 Å². The molecule has 1 aliphatic heterocycles. The van der Waals surface area contributed by atoms with E-state index in [2.05, 4.69) is 31.0 Å². The molecule has 2 aliphatic carbocycles. The third-order valence-corrected chi connectivity index (χ3v) is 8.21. The van der Waals surface area contributed by atoms with Gasteiger partial charge in [-0.2, -0.15) is 10.2 Å². The summed E-state index contributed by atoms with van der Waals surface area (Å²) in [5.74, 6) is 1.75. The van der Waals surface area contributed by atoms with Gasteiger partial charge in [0.15, 0.2) is 18.1 Å². The van der Waals surface area contributed by atoms with Crippen molar-refractivity contribution in [2.45, 2.75) is 66.1 Å². The molecule has 3 aliphatic rings. The van der Waals surface area contributed by atoms with E-state index in [9.17, 15) is 4.79 Å². The van der Waals surface area contributed by atoms with E-state index < -0.39 is 0 Å². The van der Waals surface area contributed by atoms with Crippen LogP contribution in [0.2, 0.25) is 0 Å². The number of rotatable bonds is 6. The van der Waals surface area contributed by atoms with Crippen LogP contribution in [0.25, 0.3) is 0 Å². The number of amides is 1. The van der Waals surface area contributed by atoms with Gasteiger partial charge < -0.3 is 19.1 Å². The standard InChI is InChI=1S/C26H37N3O4/c1-17-14-29(15-18(2)33-17)24(30)16-32-21-8-7-19(11-22(21)31-6)13-27-28-23-12-20-9-10-26(23,5)25(20,3)4/h7-8,11,13,17-18,20H,9-10,12,14-16H2,1-6H3/b27-13-,28-23+/t17-,18+,20-,26+/m1/s1. The fourth-order valence-corrected chi connectivity index (χ4v) is 5.74. The minimum Gasteiger partial charge on any atom is -0.493 e. The summed E-state index contributed by atoms with van der Waals surface area (Å²) in [6.07, 6.45) is 5.34. The second-order valence-electron chi connectivity index (χ2n) is 10.5. The summed E-state index contributed by atoms with van der Waals surface area (Å²) in [5, 5.41) is 9.03. The highest BCUT2D eigenvalue weighted by Gasteiger charge is 2.60. The van der Waals surface area contributed by atoms with Gasteiger partial charge in [-0.05, 0) is 68.2 Å². The summed E-state index contributed by atoms with van der Waals surface area (Å²) in [5.41, 5.74) is 2.53. The Bertz CT molecular complexity index is 947. The van der Waals surface area contributed by atoms with Crippen molar-refractivity contribution in [3.05, 3.63) is 23.8 Å². The van der Waals surface area contributed by atoms with Gasteiger partial charge in [0.25, 0.3) is 5.91 Å². The zero-order valence-corrected chi connectivity index (χ0v) is 20.8. The van der Waals surface area contributed by atoms with Gasteiger partial charge in [0.1, 0.15) is 0 Å². The van der Waals surface area contributed by atoms with Gasteiger partial charge in [-0.15, -0.1) is 0 Å². The maximum absolute atomic E-state index is 12.6. The highest BCUT2D eigenvalue weighted by atomic mass is 16.5. The molecule has 1 saturated heterocycles. The van der Waals surface area contributed by atoms with Gasteiger partial charge in [-0.1, -0.05) is 20.8 Å². The van der Waals surface area contributed by atoms with E-state index in [1.54, 1.807) is 18.2 Å². The van der Waals surface area contributed by atoms with Crippen LogP contribution >= 0.6 is 0 Å². The number of nitrogens with zero attached hydrogens (tertiary/aromatic N) is 3. The minimum absolute atomic E-state index is 0.0300. The Morgan fingerprint density at radius 1 is 1.21 bits per heavy atom. The first-order valence-corrected chi connectivity index (χ1v) is 12.0. The number of morpholine rings is 1. The van der Waals surface area contributed by atoms with Crippen LogP contribution in [0.1, 0.15) is 59.4 Å². The van der Waals surface area contributed by atoms with Gasteiger partial charge in [-0.25, -0.2) is 0 Å². The fourth-order valence-electron chi connectivity index (χ4n) is 5.74. The first kappa shape index (κ1) is 23.7. The molecular formula is C26H37N3O4. The molecule has 0 unspecified atom stereocenters. The van der Waals surface area contributed by atoms with Crippen molar-refractivity contribution in [2.24, 2.45) is 27.0 Å². The zero-order valence-electron chi connectivity index (χ0n) is 20.8. The number of methoxy groups -OCH3 is 1. The Hall–Kier alpha value is -2.41. The molecule has 4 rings (SSSR count). The third kappa shape index (κ3) is 4.52. The molecule has 0 spiro atoms. The van der Waals surface area contributed by atoms with Crippen LogP contribution in [0.15, 0.2) is 28.4 Å². The topological polar surface area (TPSA) is 72.7 Å². The molecule has 0 N–H and O–H groups in total. The number of benzene rings is 1. The monoisotopic (exact) mass is 455 g/mol. The maximum Gasteiger partial charge on any atom is 0.260 e. The summed E-state index contributed by atoms with van der Waals surface area (Å²) in [7, 11) is 1.59. The predicted molar refractivity (Wildman–Crippen MR) is 129 cm³/mol. The average molecular weight is 456 g/mol. The van der Waals surface area contributed by atoms with Crippen molar-refractivity contribution in [1.29, 1.82) is 0 Å². The number of ether oxygens (including phenoxy) is 3. The molecule has 180 valence electrons. The normalized spacial score (nSPS) is 32.0. The summed E-state index contributed by atoms with van der Waals surface area (Å²) >= 11 is 0. The van der Waals surface area contributed by atoms with Gasteiger partial charge in [0.2, 0.25) is 0 Å². The lowest BCUT2D eigenvalue weighted by molar-refractivity contribution is -0.145. The quantitative estimate of drug-likeness (QED) is 0.473. The lowest BCUT2D eigenvalue weighted by Crippen LogP contribution is -2.49. The lowest BCUT2D eigenvalue weighted by Gasteiger charge is -2.35. The van der Waals surface area contributed by atoms with Crippen LogP contribution in [-0.2, 0) is 9.53 Å². The Morgan fingerprint density at radius 3 is 2.55 bits per heavy atom. The van der Waals surface area contributed by atoms with Crippen molar-refractivity contribution < 1.29 is 19.0 Å². The maximum atomic E-state index is 12.6. The first-order valence-electron chi connectivity index (χ1n) is 12.0. The van der Waals surface area contributed by atoms with E-state index in [1.807, 2.05) is 32.0 Å². The van der Waals surface area contributed by atoms with E-state index in [4.69, 9.17) is 14.2 Å². The summed E-state index contributed by atoms with van der Waals surface area (Å²) in [4.78, 5) is 14.4. The number of hydrogen-bond donors (Lipinski definition) is 0. The van der Waals surface area contributed by atoms with Gasteiger partial charge in [0, 0.05) is 24.2 Å². The Balaban J connectivity index is 1.39. The Labute approximate surface area is 197 Å². The molecule has 2 saturated carbocycles. The zero-order chi connectivity index (χ0) is 23.8. The van der Waals surface area contributed by atoms with E-state index in [-0.39, 0.29) is 35.6 Å². The molecule has 2 bridgehead atoms. The second-order valence-corrected chi connectivity index (χ2v) is 10.5. The number of fused-ring (bicyclic) bond motifs is 2. The Morgan fingerprint density at radius 2 is 1.94 bits per heavy atom. The molecule has 1 aromatic rings. The lowest BCUT2D eigenvalue weighted by atomic mass is 9.70. The molecule has 0 radical (unpaired) electrons. The molecule has 1 amide bonds. The van der Waals surface area contributed by atoms with Gasteiger partial charge >= 0.3 is 0 Å². The number of hydrogen-bond acceptors (Lipinski definition) is 6. The molecule has 1 heterocycles. The highest BCUT2D eigenvalue weighted by molar-refractivity contribution is 5.94. The van der Waals surface area contributed by atoms with Crippen molar-refractivity contribution in [3.63, 3.8) is 0 Å². The first-order chi connectivity index (χ1) is 15.6. The molecular weight excluding hydrogens is 418 g/mol. The van der Waals surface area contributed by atoms with E-state index in [0.29, 0.717) is 30.5 Å². The van der Waals surface area contributed by atoms with E-state index in [1.165, 1.54) is 18.6 Å². The van der Waals surface area contributed by atoms with Crippen LogP contribution in [0, 0.1) is 16.7 Å². The molecule has 3 fully saturated rings. The van der Waals surface area contributed by atoms with Crippen LogP contribution < -0.4 is 9.47 Å². The van der Waals surface area contributed by atoms with Gasteiger partial charge in [-0.3, -0.25) is 4.79 Å². The SMILES string of the molecule is COc1cc(/C=N\N=C2/C[C@H]3CC[C@]2(C)C3(C)C)ccc1OCC(=O)N1C[C@@H](C)O[C@@H](C)C1. The van der Waals surface area contributed by atoms with Crippen LogP contribution in [0.5, 0.6) is 11.5 Å². The molecule has 4 atom stereocenters. The van der Waals surface area contributed by atoms with Crippen molar-refractivity contribution >= 4 is 17.8 Å². The largest absolute Gasteiger partial charge is 0.493 e. The van der Waals surface area contributed by atoms with Crippen molar-refractivity contribution in [1.82, 2.24) is 4.90 Å². The Kier molecular flexibility index (Phi) is 6.54. The van der Waals surface area contributed by atoms with Gasteiger partial charge in [0.05, 0.1) is 25.5 Å². The number of carbonyl (C=O) groups excluding carboxylic acids is 1. The molecule has 0 aromatic heterocycles.